The van der Waals surface area contributed by atoms with Crippen LogP contribution in [0.5, 0.6) is 0 Å². The number of hydrogen-bond acceptors (Lipinski definition) is 0. The van der Waals surface area contributed by atoms with Crippen molar-refractivity contribution < 1.29 is 0 Å². The Balaban J connectivity index is 3.80. The third kappa shape index (κ3) is 9.65. The van der Waals surface area contributed by atoms with Gasteiger partial charge in [-0.1, -0.05) is 0 Å². The second kappa shape index (κ2) is 18.1. The Morgan fingerprint density at radius 3 is 1.15 bits per heavy atom. The molecule has 192 valence electrons. The number of hydrogen-bond donors (Lipinski definition) is 0. The zero-order valence-corrected chi connectivity index (χ0v) is 29.7. The van der Waals surface area contributed by atoms with Crippen LogP contribution in [0.25, 0.3) is 0 Å². The van der Waals surface area contributed by atoms with E-state index in [0.29, 0.717) is 0 Å². The van der Waals surface area contributed by atoms with Crippen molar-refractivity contribution in [3.63, 3.8) is 0 Å². The molecule has 33 heavy (non-hydrogen) atoms. The van der Waals surface area contributed by atoms with Crippen LogP contribution >= 0.6 is 0 Å². The maximum absolute atomic E-state index is 2.74. The van der Waals surface area contributed by atoms with E-state index < -0.39 is 36.8 Å². The molecule has 0 aliphatic heterocycles. The van der Waals surface area contributed by atoms with Crippen LogP contribution in [-0.2, 0) is 0 Å². The first-order valence-corrected chi connectivity index (χ1v) is 30.1. The molecule has 1 rings (SSSR count). The summed E-state index contributed by atoms with van der Waals surface area (Å²) >= 11 is -4.95. The molecule has 0 radical (unpaired) electrons. The molecule has 2 heteroatoms. The van der Waals surface area contributed by atoms with Crippen molar-refractivity contribution in [1.29, 1.82) is 0 Å². The van der Waals surface area contributed by atoms with Gasteiger partial charge in [-0.25, -0.2) is 0 Å². The summed E-state index contributed by atoms with van der Waals surface area (Å²) in [7, 11) is 0. The summed E-state index contributed by atoms with van der Waals surface area (Å²) < 4.78 is 13.9. The van der Waals surface area contributed by atoms with Gasteiger partial charge in [-0.15, -0.1) is 0 Å². The Morgan fingerprint density at radius 1 is 0.485 bits per heavy atom. The third-order valence-electron chi connectivity index (χ3n) is 8.43. The van der Waals surface area contributed by atoms with E-state index >= 15 is 0 Å². The maximum atomic E-state index is 2.74. The van der Waals surface area contributed by atoms with Gasteiger partial charge < -0.3 is 0 Å². The second-order valence-corrected chi connectivity index (χ2v) is 37.3. The third-order valence-corrected chi connectivity index (χ3v) is 42.3. The van der Waals surface area contributed by atoms with Gasteiger partial charge in [0.2, 0.25) is 0 Å². The number of rotatable bonds is 20. The molecule has 0 aromatic heterocycles. The molecule has 0 spiro atoms. The van der Waals surface area contributed by atoms with Crippen molar-refractivity contribution in [2.75, 3.05) is 0 Å². The fourth-order valence-electron chi connectivity index (χ4n) is 6.43. The zero-order chi connectivity index (χ0) is 24.6. The van der Waals surface area contributed by atoms with E-state index in [1.807, 2.05) is 0 Å². The Labute approximate surface area is 218 Å². The molecule has 0 unspecified atom stereocenters. The van der Waals surface area contributed by atoms with Gasteiger partial charge in [0.25, 0.3) is 0 Å². The van der Waals surface area contributed by atoms with E-state index in [0.717, 1.165) is 0 Å². The summed E-state index contributed by atoms with van der Waals surface area (Å²) in [5, 5.41) is 0. The average Bonchev–Trinajstić information content (AvgIpc) is 2.84. The molecule has 0 saturated heterocycles. The first-order chi connectivity index (χ1) is 16.0. The molecule has 1 aromatic carbocycles. The van der Waals surface area contributed by atoms with Crippen molar-refractivity contribution in [3.05, 3.63) is 23.8 Å². The molecular formula is C31H60Sn2. The summed E-state index contributed by atoms with van der Waals surface area (Å²) in [6.07, 6.45) is 17.2. The van der Waals surface area contributed by atoms with Crippen molar-refractivity contribution in [2.24, 2.45) is 0 Å². The van der Waals surface area contributed by atoms with E-state index in [9.17, 15) is 0 Å². The minimum absolute atomic E-state index is 1.38. The van der Waals surface area contributed by atoms with Gasteiger partial charge in [0.1, 0.15) is 0 Å². The van der Waals surface area contributed by atoms with Crippen LogP contribution in [0.4, 0.5) is 0 Å². The second-order valence-electron chi connectivity index (χ2n) is 11.2. The molecule has 0 nitrogen and oxygen atoms in total. The normalized spacial score (nSPS) is 12.5. The van der Waals surface area contributed by atoms with Crippen LogP contribution in [0.15, 0.2) is 18.2 Å². The van der Waals surface area contributed by atoms with E-state index in [-0.39, 0.29) is 0 Å². The summed E-state index contributed by atoms with van der Waals surface area (Å²) in [6.45, 7) is 17.1. The molecule has 1 aromatic rings. The standard InChI is InChI=1S/C7H6.6C4H9.2Sn/c1-7-5-3-2-4-6-7;6*1-3-4-2;;/h2-3,5H,1H3;6*1,3-4H2,2H3;;. The summed E-state index contributed by atoms with van der Waals surface area (Å²) in [5.41, 5.74) is 1.73. The van der Waals surface area contributed by atoms with Gasteiger partial charge >= 0.3 is 220 Å². The molecule has 0 bridgehead atoms. The zero-order valence-electron chi connectivity index (χ0n) is 24.0. The number of unbranched alkanes of at least 4 members (excludes halogenated alkanes) is 6. The Bertz CT molecular complexity index is 578. The van der Waals surface area contributed by atoms with Gasteiger partial charge in [0.05, 0.1) is 0 Å². The first kappa shape index (κ1) is 31.8. The topological polar surface area (TPSA) is 0 Å². The predicted molar refractivity (Wildman–Crippen MR) is 160 cm³/mol. The Morgan fingerprint density at radius 2 is 0.818 bits per heavy atom. The van der Waals surface area contributed by atoms with Gasteiger partial charge in [-0.05, 0) is 0 Å². The molecule has 0 heterocycles. The SMILES string of the molecule is CCC[CH2][Sn]([CH2]CCC)([CH2]CCC)[c]1cccc(C)[c]1[Sn]([CH2]CCC)([CH2]CCC)[CH2]CCC. The molecule has 0 aliphatic rings. The molecule has 0 saturated carbocycles. The van der Waals surface area contributed by atoms with Crippen LogP contribution < -0.4 is 7.16 Å². The predicted octanol–water partition coefficient (Wildman–Crippen LogP) is 10.1. The van der Waals surface area contributed by atoms with Gasteiger partial charge in [-0.2, -0.15) is 0 Å². The van der Waals surface area contributed by atoms with E-state index in [4.69, 9.17) is 0 Å². The van der Waals surface area contributed by atoms with Gasteiger partial charge in [0, 0.05) is 0 Å². The van der Waals surface area contributed by atoms with Gasteiger partial charge in [0.15, 0.2) is 0 Å². The first-order valence-electron chi connectivity index (χ1n) is 15.1. The Kier molecular flexibility index (Phi) is 17.5. The fourth-order valence-corrected chi connectivity index (χ4v) is 50.8. The fraction of sp³-hybridized carbons (Fsp3) is 0.806. The van der Waals surface area contributed by atoms with Crippen molar-refractivity contribution in [2.45, 2.75) is 152 Å². The van der Waals surface area contributed by atoms with Gasteiger partial charge in [-0.3, -0.25) is 0 Å². The minimum atomic E-state index is -2.48. The number of benzene rings is 1. The summed E-state index contributed by atoms with van der Waals surface area (Å²) in [5.74, 6) is 0. The molecule has 0 atom stereocenters. The summed E-state index contributed by atoms with van der Waals surface area (Å²) in [4.78, 5) is 0. The molecule has 0 fully saturated rings. The van der Waals surface area contributed by atoms with Crippen LogP contribution in [0, 0.1) is 6.92 Å². The van der Waals surface area contributed by atoms with Crippen LogP contribution in [-0.4, -0.2) is 36.8 Å². The van der Waals surface area contributed by atoms with Crippen LogP contribution in [0.1, 0.15) is 124 Å². The molecule has 0 N–H and O–H groups in total. The average molecular weight is 670 g/mol. The van der Waals surface area contributed by atoms with Crippen molar-refractivity contribution in [1.82, 2.24) is 0 Å². The quantitative estimate of drug-likeness (QED) is 0.121. The molecule has 0 amide bonds. The molecule has 0 aliphatic carbocycles. The van der Waals surface area contributed by atoms with Crippen molar-refractivity contribution in [3.8, 4) is 0 Å². The van der Waals surface area contributed by atoms with Crippen LogP contribution in [0.2, 0.25) is 26.6 Å². The Hall–Kier alpha value is 0.817. The summed E-state index contributed by atoms with van der Waals surface area (Å²) in [6, 6.07) is 7.76. The van der Waals surface area contributed by atoms with Crippen LogP contribution in [0.3, 0.4) is 0 Å². The number of aryl methyl sites for hydroxylation is 1. The molecular weight excluding hydrogens is 610 g/mol. The van der Waals surface area contributed by atoms with E-state index in [1.165, 1.54) is 77.0 Å². The monoisotopic (exact) mass is 672 g/mol. The van der Waals surface area contributed by atoms with E-state index in [2.05, 4.69) is 73.8 Å². The van der Waals surface area contributed by atoms with Crippen molar-refractivity contribution >= 4 is 43.9 Å². The van der Waals surface area contributed by atoms with E-state index in [1.54, 1.807) is 32.2 Å².